The number of esters is 1. The lowest BCUT2D eigenvalue weighted by molar-refractivity contribution is -0.141. The first-order valence-corrected chi connectivity index (χ1v) is 9.66. The van der Waals surface area contributed by atoms with E-state index in [-0.39, 0.29) is 24.6 Å². The molecule has 0 saturated carbocycles. The molecule has 0 aromatic heterocycles. The van der Waals surface area contributed by atoms with Gasteiger partial charge in [0.15, 0.2) is 23.0 Å². The summed E-state index contributed by atoms with van der Waals surface area (Å²) < 4.78 is 33.2. The van der Waals surface area contributed by atoms with Crippen molar-refractivity contribution < 1.29 is 33.2 Å². The predicted molar refractivity (Wildman–Crippen MR) is 107 cm³/mol. The van der Waals surface area contributed by atoms with E-state index in [4.69, 9.17) is 28.4 Å². The zero-order valence-electron chi connectivity index (χ0n) is 17.0. The summed E-state index contributed by atoms with van der Waals surface area (Å²) in [6.45, 7) is 4.77. The lowest BCUT2D eigenvalue weighted by Crippen LogP contribution is -2.30. The molecular formula is C23H22O7. The van der Waals surface area contributed by atoms with Crippen LogP contribution in [0.15, 0.2) is 30.8 Å². The maximum atomic E-state index is 12.8. The number of fused-ring (bicyclic) bond motifs is 3. The molecule has 1 fully saturated rings. The van der Waals surface area contributed by atoms with Crippen LogP contribution in [0.3, 0.4) is 0 Å². The van der Waals surface area contributed by atoms with Gasteiger partial charge in [-0.15, -0.1) is 0 Å². The SMILES string of the molecule is C=C1c2cc3c(cc2C(c2cc(OC)c(OC)c(OC)c2)C2C(=O)OCC12)OCO3. The van der Waals surface area contributed by atoms with Crippen LogP contribution in [-0.4, -0.2) is 40.7 Å². The fraction of sp³-hybridized carbons (Fsp3) is 0.348. The maximum absolute atomic E-state index is 12.8. The maximum Gasteiger partial charge on any atom is 0.310 e. The standard InChI is InChI=1S/C23H22O7/c1-11-13-7-16-17(30-10-29-16)8-14(13)20(21-15(11)9-28-23(21)24)12-5-18(25-2)22(27-4)19(6-12)26-3/h5-8,15,20-21H,1,9-10H2,2-4H3. The van der Waals surface area contributed by atoms with Gasteiger partial charge < -0.3 is 28.4 Å². The van der Waals surface area contributed by atoms with Crippen LogP contribution >= 0.6 is 0 Å². The minimum Gasteiger partial charge on any atom is -0.493 e. The van der Waals surface area contributed by atoms with Crippen LogP contribution in [0.5, 0.6) is 28.7 Å². The highest BCUT2D eigenvalue weighted by Crippen LogP contribution is 2.55. The number of carbonyl (C=O) groups excluding carboxylic acids is 1. The lowest BCUT2D eigenvalue weighted by Gasteiger charge is -2.35. The normalized spacial score (nSPS) is 23.5. The van der Waals surface area contributed by atoms with E-state index in [0.717, 1.165) is 22.3 Å². The molecule has 2 aromatic carbocycles. The Labute approximate surface area is 174 Å². The second kappa shape index (κ2) is 6.86. The van der Waals surface area contributed by atoms with Crippen molar-refractivity contribution in [3.63, 3.8) is 0 Å². The number of methoxy groups -OCH3 is 3. The van der Waals surface area contributed by atoms with Gasteiger partial charge in [0.2, 0.25) is 12.5 Å². The van der Waals surface area contributed by atoms with Gasteiger partial charge in [0.05, 0.1) is 33.9 Å². The summed E-state index contributed by atoms with van der Waals surface area (Å²) in [5.41, 5.74) is 3.64. The molecule has 2 heterocycles. The first-order valence-electron chi connectivity index (χ1n) is 9.66. The number of benzene rings is 2. The first kappa shape index (κ1) is 18.7. The van der Waals surface area contributed by atoms with Crippen molar-refractivity contribution in [1.29, 1.82) is 0 Å². The molecule has 0 radical (unpaired) electrons. The Hall–Kier alpha value is -3.35. The van der Waals surface area contributed by atoms with Crippen LogP contribution in [-0.2, 0) is 9.53 Å². The van der Waals surface area contributed by atoms with Gasteiger partial charge in [-0.05, 0) is 46.5 Å². The van der Waals surface area contributed by atoms with Gasteiger partial charge in [-0.2, -0.15) is 0 Å². The van der Waals surface area contributed by atoms with Crippen molar-refractivity contribution in [1.82, 2.24) is 0 Å². The highest BCUT2D eigenvalue weighted by atomic mass is 16.7. The molecule has 5 rings (SSSR count). The molecule has 0 spiro atoms. The molecule has 2 aliphatic heterocycles. The van der Waals surface area contributed by atoms with Crippen LogP contribution in [0.25, 0.3) is 5.57 Å². The average molecular weight is 410 g/mol. The number of ether oxygens (including phenoxy) is 6. The van der Waals surface area contributed by atoms with Gasteiger partial charge in [0, 0.05) is 11.8 Å². The number of rotatable bonds is 4. The van der Waals surface area contributed by atoms with Crippen molar-refractivity contribution in [3.05, 3.63) is 47.5 Å². The van der Waals surface area contributed by atoms with Crippen LogP contribution in [0.4, 0.5) is 0 Å². The molecule has 3 aliphatic rings. The molecule has 156 valence electrons. The number of carbonyl (C=O) groups is 1. The minimum absolute atomic E-state index is 0.116. The van der Waals surface area contributed by atoms with E-state index in [2.05, 4.69) is 6.58 Å². The first-order chi connectivity index (χ1) is 14.6. The number of cyclic esters (lactones) is 1. The van der Waals surface area contributed by atoms with E-state index >= 15 is 0 Å². The van der Waals surface area contributed by atoms with Gasteiger partial charge in [-0.3, -0.25) is 4.79 Å². The summed E-state index contributed by atoms with van der Waals surface area (Å²) in [7, 11) is 4.70. The fourth-order valence-electron chi connectivity index (χ4n) is 4.78. The molecule has 1 saturated heterocycles. The van der Waals surface area contributed by atoms with E-state index in [1.54, 1.807) is 21.3 Å². The lowest BCUT2D eigenvalue weighted by atomic mass is 9.65. The Morgan fingerprint density at radius 1 is 0.933 bits per heavy atom. The Balaban J connectivity index is 1.75. The monoisotopic (exact) mass is 410 g/mol. The summed E-state index contributed by atoms with van der Waals surface area (Å²) in [4.78, 5) is 12.8. The molecule has 1 aliphatic carbocycles. The molecule has 3 unspecified atom stereocenters. The van der Waals surface area contributed by atoms with E-state index in [9.17, 15) is 4.79 Å². The van der Waals surface area contributed by atoms with Gasteiger partial charge >= 0.3 is 5.97 Å². The average Bonchev–Trinajstić information content (AvgIpc) is 3.38. The molecule has 7 nitrogen and oxygen atoms in total. The topological polar surface area (TPSA) is 72.5 Å². The zero-order valence-corrected chi connectivity index (χ0v) is 17.0. The summed E-state index contributed by atoms with van der Waals surface area (Å²) >= 11 is 0. The van der Waals surface area contributed by atoms with Crippen LogP contribution in [0.1, 0.15) is 22.6 Å². The van der Waals surface area contributed by atoms with Crippen molar-refractivity contribution in [2.75, 3.05) is 34.7 Å². The molecular weight excluding hydrogens is 388 g/mol. The Bertz CT molecular complexity index is 1030. The highest BCUT2D eigenvalue weighted by Gasteiger charge is 2.50. The predicted octanol–water partition coefficient (Wildman–Crippen LogP) is 3.39. The van der Waals surface area contributed by atoms with Crippen LogP contribution < -0.4 is 23.7 Å². The van der Waals surface area contributed by atoms with E-state index in [1.165, 1.54) is 0 Å². The molecule has 0 bridgehead atoms. The van der Waals surface area contributed by atoms with Crippen molar-refractivity contribution in [2.24, 2.45) is 11.8 Å². The third kappa shape index (κ3) is 2.54. The molecule has 3 atom stereocenters. The van der Waals surface area contributed by atoms with Crippen LogP contribution in [0, 0.1) is 11.8 Å². The second-order valence-electron chi connectivity index (χ2n) is 7.52. The Kier molecular flexibility index (Phi) is 4.27. The van der Waals surface area contributed by atoms with Crippen LogP contribution in [0.2, 0.25) is 0 Å². The van der Waals surface area contributed by atoms with Gasteiger partial charge in [0.25, 0.3) is 0 Å². The van der Waals surface area contributed by atoms with Gasteiger partial charge in [-0.25, -0.2) is 0 Å². The fourth-order valence-corrected chi connectivity index (χ4v) is 4.78. The largest absolute Gasteiger partial charge is 0.493 e. The Morgan fingerprint density at radius 3 is 2.23 bits per heavy atom. The molecule has 0 N–H and O–H groups in total. The van der Waals surface area contributed by atoms with E-state index in [0.29, 0.717) is 35.4 Å². The number of hydrogen-bond acceptors (Lipinski definition) is 7. The summed E-state index contributed by atoms with van der Waals surface area (Å²) in [6.07, 6.45) is 0. The summed E-state index contributed by atoms with van der Waals surface area (Å²) in [5, 5.41) is 0. The minimum atomic E-state index is -0.395. The molecule has 0 amide bonds. The smallest absolute Gasteiger partial charge is 0.310 e. The zero-order chi connectivity index (χ0) is 21.0. The summed E-state index contributed by atoms with van der Waals surface area (Å²) in [5.74, 6) is 1.87. The quantitative estimate of drug-likeness (QED) is 0.716. The third-order valence-electron chi connectivity index (χ3n) is 6.19. The van der Waals surface area contributed by atoms with Crippen molar-refractivity contribution in [3.8, 4) is 28.7 Å². The Morgan fingerprint density at radius 2 is 1.60 bits per heavy atom. The second-order valence-corrected chi connectivity index (χ2v) is 7.52. The van der Waals surface area contributed by atoms with Crippen molar-refractivity contribution >= 4 is 11.5 Å². The molecule has 30 heavy (non-hydrogen) atoms. The molecule has 7 heteroatoms. The van der Waals surface area contributed by atoms with Gasteiger partial charge in [0.1, 0.15) is 0 Å². The van der Waals surface area contributed by atoms with Gasteiger partial charge in [-0.1, -0.05) is 6.58 Å². The van der Waals surface area contributed by atoms with E-state index < -0.39 is 5.92 Å². The third-order valence-corrected chi connectivity index (χ3v) is 6.19. The molecule has 2 aromatic rings. The summed E-state index contributed by atoms with van der Waals surface area (Å²) in [6, 6.07) is 7.66. The highest BCUT2D eigenvalue weighted by molar-refractivity contribution is 5.87. The number of hydrogen-bond donors (Lipinski definition) is 0. The van der Waals surface area contributed by atoms with E-state index in [1.807, 2.05) is 24.3 Å². The van der Waals surface area contributed by atoms with Crippen molar-refractivity contribution in [2.45, 2.75) is 5.92 Å².